The molecule has 9 nitrogen and oxygen atoms in total. The van der Waals surface area contributed by atoms with E-state index in [9.17, 15) is 5.11 Å². The first-order valence-electron chi connectivity index (χ1n) is 10.2. The highest BCUT2D eigenvalue weighted by molar-refractivity contribution is 5.71. The van der Waals surface area contributed by atoms with Crippen molar-refractivity contribution >= 4 is 17.5 Å². The first-order valence-corrected chi connectivity index (χ1v) is 10.2. The van der Waals surface area contributed by atoms with E-state index in [0.29, 0.717) is 18.2 Å². The van der Waals surface area contributed by atoms with Crippen molar-refractivity contribution in [2.45, 2.75) is 12.3 Å². The lowest BCUT2D eigenvalue weighted by Crippen LogP contribution is -2.28. The van der Waals surface area contributed by atoms with Gasteiger partial charge >= 0.3 is 0 Å². The minimum Gasteiger partial charge on any atom is -0.495 e. The molecule has 0 aliphatic carbocycles. The standard InChI is InChI=1S/C23H23N7O2/c1-23(13-31)12-28-21-16(23)9-15(11-27-21)17-5-6-26-22(29-17)30-18-4-3-14(10-19(18)32-2)20-24-7-8-25-20/h3-11,31H,12-13H2,1-2H3,(H,24,25)(H,27,28)(H,26,29,30). The molecule has 4 heterocycles. The fourth-order valence-corrected chi connectivity index (χ4v) is 3.79. The Morgan fingerprint density at radius 1 is 1.12 bits per heavy atom. The van der Waals surface area contributed by atoms with Crippen molar-refractivity contribution in [2.24, 2.45) is 0 Å². The Hall–Kier alpha value is -3.98. The number of hydrogen-bond acceptors (Lipinski definition) is 8. The molecule has 4 N–H and O–H groups in total. The summed E-state index contributed by atoms with van der Waals surface area (Å²) in [6.07, 6.45) is 6.96. The molecule has 1 aliphatic rings. The van der Waals surface area contributed by atoms with Gasteiger partial charge in [-0.25, -0.2) is 19.9 Å². The molecule has 162 valence electrons. The summed E-state index contributed by atoms with van der Waals surface area (Å²) in [6, 6.07) is 9.62. The Kier molecular flexibility index (Phi) is 4.95. The van der Waals surface area contributed by atoms with E-state index in [1.54, 1.807) is 31.9 Å². The SMILES string of the molecule is COc1cc(-c2ncc[nH]2)ccc1Nc1nccc(-c2cnc3c(c2)C(C)(CO)CN3)n1. The molecule has 1 unspecified atom stereocenters. The Morgan fingerprint density at radius 2 is 2.03 bits per heavy atom. The average Bonchev–Trinajstić information content (AvgIpc) is 3.48. The van der Waals surface area contributed by atoms with Gasteiger partial charge in [0, 0.05) is 53.4 Å². The minimum atomic E-state index is -0.366. The maximum atomic E-state index is 9.85. The van der Waals surface area contributed by atoms with Crippen LogP contribution in [-0.4, -0.2) is 50.3 Å². The van der Waals surface area contributed by atoms with E-state index >= 15 is 0 Å². The van der Waals surface area contributed by atoms with Gasteiger partial charge in [-0.2, -0.15) is 0 Å². The quantitative estimate of drug-likeness (QED) is 0.368. The maximum absolute atomic E-state index is 9.85. The Balaban J connectivity index is 1.44. The maximum Gasteiger partial charge on any atom is 0.227 e. The number of aliphatic hydroxyl groups excluding tert-OH is 1. The number of nitrogens with one attached hydrogen (secondary N) is 3. The number of aromatic nitrogens is 5. The van der Waals surface area contributed by atoms with Gasteiger partial charge in [0.15, 0.2) is 0 Å². The number of methoxy groups -OCH3 is 1. The highest BCUT2D eigenvalue weighted by atomic mass is 16.5. The van der Waals surface area contributed by atoms with Gasteiger partial charge in [0.05, 0.1) is 25.1 Å². The van der Waals surface area contributed by atoms with Gasteiger partial charge in [0.2, 0.25) is 5.95 Å². The molecule has 3 aromatic heterocycles. The largest absolute Gasteiger partial charge is 0.495 e. The minimum absolute atomic E-state index is 0.0442. The van der Waals surface area contributed by atoms with E-state index in [1.807, 2.05) is 37.3 Å². The summed E-state index contributed by atoms with van der Waals surface area (Å²) in [5.74, 6) is 2.66. The summed E-state index contributed by atoms with van der Waals surface area (Å²) in [4.78, 5) is 20.9. The third kappa shape index (κ3) is 3.52. The summed E-state index contributed by atoms with van der Waals surface area (Å²) >= 11 is 0. The number of ether oxygens (including phenoxy) is 1. The van der Waals surface area contributed by atoms with Crippen LogP contribution in [0.2, 0.25) is 0 Å². The molecule has 9 heteroatoms. The number of hydrogen-bond donors (Lipinski definition) is 4. The molecule has 32 heavy (non-hydrogen) atoms. The molecule has 0 bridgehead atoms. The second-order valence-electron chi connectivity index (χ2n) is 7.94. The lowest BCUT2D eigenvalue weighted by Gasteiger charge is -2.20. The Labute approximate surface area is 185 Å². The lowest BCUT2D eigenvalue weighted by atomic mass is 9.85. The number of anilines is 3. The van der Waals surface area contributed by atoms with E-state index in [-0.39, 0.29) is 12.0 Å². The van der Waals surface area contributed by atoms with Crippen LogP contribution in [0.4, 0.5) is 17.5 Å². The van der Waals surface area contributed by atoms with Crippen LogP contribution >= 0.6 is 0 Å². The normalized spacial score (nSPS) is 17.0. The van der Waals surface area contributed by atoms with Crippen molar-refractivity contribution < 1.29 is 9.84 Å². The number of nitrogens with zero attached hydrogens (tertiary/aromatic N) is 4. The lowest BCUT2D eigenvalue weighted by molar-refractivity contribution is 0.218. The van der Waals surface area contributed by atoms with E-state index < -0.39 is 0 Å². The van der Waals surface area contributed by atoms with Gasteiger partial charge in [-0.05, 0) is 30.3 Å². The van der Waals surface area contributed by atoms with Crippen LogP contribution in [0.3, 0.4) is 0 Å². The zero-order chi connectivity index (χ0) is 22.1. The fraction of sp³-hybridized carbons (Fsp3) is 0.217. The number of aromatic amines is 1. The number of pyridine rings is 1. The van der Waals surface area contributed by atoms with Crippen LogP contribution in [0.25, 0.3) is 22.6 Å². The summed E-state index contributed by atoms with van der Waals surface area (Å²) in [7, 11) is 1.62. The summed E-state index contributed by atoms with van der Waals surface area (Å²) in [5.41, 5.74) is 3.87. The van der Waals surface area contributed by atoms with Crippen LogP contribution in [0, 0.1) is 0 Å². The smallest absolute Gasteiger partial charge is 0.227 e. The number of imidazole rings is 1. The molecule has 5 rings (SSSR count). The molecule has 1 aromatic carbocycles. The van der Waals surface area contributed by atoms with Gasteiger partial charge in [-0.3, -0.25) is 0 Å². The second-order valence-corrected chi connectivity index (χ2v) is 7.94. The summed E-state index contributed by atoms with van der Waals surface area (Å²) in [5, 5.41) is 16.3. The van der Waals surface area contributed by atoms with Crippen LogP contribution in [-0.2, 0) is 5.41 Å². The van der Waals surface area contributed by atoms with Crippen LogP contribution in [0.1, 0.15) is 12.5 Å². The van der Waals surface area contributed by atoms with Crippen molar-refractivity contribution in [3.05, 3.63) is 60.7 Å². The van der Waals surface area contributed by atoms with Crippen molar-refractivity contribution in [1.29, 1.82) is 0 Å². The number of rotatable bonds is 6. The Morgan fingerprint density at radius 3 is 2.81 bits per heavy atom. The number of fused-ring (bicyclic) bond motifs is 1. The molecule has 1 atom stereocenters. The van der Waals surface area contributed by atoms with Crippen molar-refractivity contribution in [3.63, 3.8) is 0 Å². The van der Waals surface area contributed by atoms with Crippen molar-refractivity contribution in [2.75, 3.05) is 30.9 Å². The molecule has 0 radical (unpaired) electrons. The molecule has 0 fully saturated rings. The van der Waals surface area contributed by atoms with Gasteiger partial charge < -0.3 is 25.5 Å². The van der Waals surface area contributed by atoms with Gasteiger partial charge in [-0.15, -0.1) is 0 Å². The second kappa shape index (κ2) is 7.93. The van der Waals surface area contributed by atoms with Crippen LogP contribution in [0.5, 0.6) is 5.75 Å². The summed E-state index contributed by atoms with van der Waals surface area (Å²) in [6.45, 7) is 2.71. The van der Waals surface area contributed by atoms with Crippen LogP contribution in [0.15, 0.2) is 55.1 Å². The van der Waals surface area contributed by atoms with Crippen molar-refractivity contribution in [1.82, 2.24) is 24.9 Å². The van der Waals surface area contributed by atoms with Crippen molar-refractivity contribution in [3.8, 4) is 28.4 Å². The van der Waals surface area contributed by atoms with Gasteiger partial charge in [0.25, 0.3) is 0 Å². The van der Waals surface area contributed by atoms with E-state index in [0.717, 1.165) is 39.7 Å². The fourth-order valence-electron chi connectivity index (χ4n) is 3.79. The first kappa shape index (κ1) is 20.0. The third-order valence-electron chi connectivity index (χ3n) is 5.70. The molecular formula is C23H23N7O2. The van der Waals surface area contributed by atoms with E-state index in [4.69, 9.17) is 4.74 Å². The third-order valence-corrected chi connectivity index (χ3v) is 5.70. The molecule has 0 saturated heterocycles. The highest BCUT2D eigenvalue weighted by Gasteiger charge is 2.35. The molecule has 4 aromatic rings. The van der Waals surface area contributed by atoms with Gasteiger partial charge in [0.1, 0.15) is 17.4 Å². The molecule has 0 amide bonds. The monoisotopic (exact) mass is 429 g/mol. The number of aliphatic hydroxyl groups is 1. The highest BCUT2D eigenvalue weighted by Crippen LogP contribution is 2.37. The average molecular weight is 429 g/mol. The molecule has 1 aliphatic heterocycles. The predicted octanol–water partition coefficient (Wildman–Crippen LogP) is 3.36. The van der Waals surface area contributed by atoms with E-state index in [1.165, 1.54) is 0 Å². The number of benzene rings is 1. The first-order chi connectivity index (χ1) is 15.6. The zero-order valence-corrected chi connectivity index (χ0v) is 17.8. The Bertz CT molecular complexity index is 1260. The van der Waals surface area contributed by atoms with Gasteiger partial charge in [-0.1, -0.05) is 6.92 Å². The summed E-state index contributed by atoms with van der Waals surface area (Å²) < 4.78 is 5.56. The van der Waals surface area contributed by atoms with E-state index in [2.05, 4.69) is 35.6 Å². The molecule has 0 spiro atoms. The number of H-pyrrole nitrogens is 1. The predicted molar refractivity (Wildman–Crippen MR) is 122 cm³/mol. The molecular weight excluding hydrogens is 406 g/mol. The topological polar surface area (TPSA) is 121 Å². The van der Waals surface area contributed by atoms with Crippen LogP contribution < -0.4 is 15.4 Å². The zero-order valence-electron chi connectivity index (χ0n) is 17.8. The molecule has 0 saturated carbocycles.